The van der Waals surface area contributed by atoms with Gasteiger partial charge in [-0.25, -0.2) is 4.98 Å². The number of anilines is 4. The van der Waals surface area contributed by atoms with Crippen LogP contribution in [0.4, 0.5) is 22.7 Å². The Hall–Kier alpha value is -3.67. The van der Waals surface area contributed by atoms with E-state index >= 15 is 0 Å². The van der Waals surface area contributed by atoms with Gasteiger partial charge < -0.3 is 15.5 Å². The van der Waals surface area contributed by atoms with Crippen LogP contribution in [0.2, 0.25) is 0 Å². The van der Waals surface area contributed by atoms with E-state index in [1.54, 1.807) is 42.6 Å². The summed E-state index contributed by atoms with van der Waals surface area (Å²) in [5.41, 5.74) is 4.23. The van der Waals surface area contributed by atoms with Crippen molar-refractivity contribution in [2.45, 2.75) is 6.92 Å². The van der Waals surface area contributed by atoms with Crippen molar-refractivity contribution in [3.05, 3.63) is 78.1 Å². The van der Waals surface area contributed by atoms with Gasteiger partial charge in [0.2, 0.25) is 0 Å². The van der Waals surface area contributed by atoms with Crippen LogP contribution < -0.4 is 15.5 Å². The quantitative estimate of drug-likeness (QED) is 0.628. The largest absolute Gasteiger partial charge is 0.378 e. The third kappa shape index (κ3) is 4.73. The fourth-order valence-corrected chi connectivity index (χ4v) is 2.62. The highest BCUT2D eigenvalue weighted by molar-refractivity contribution is 6.04. The van der Waals surface area contributed by atoms with Gasteiger partial charge in [0.25, 0.3) is 5.91 Å². The fraction of sp³-hybridized carbons (Fsp3) is 0.136. The maximum Gasteiger partial charge on any atom is 0.274 e. The molecule has 1 amide bonds. The molecule has 0 fully saturated rings. The zero-order valence-electron chi connectivity index (χ0n) is 16.1. The van der Waals surface area contributed by atoms with Crippen molar-refractivity contribution in [3.8, 4) is 0 Å². The first-order valence-corrected chi connectivity index (χ1v) is 8.85. The lowest BCUT2D eigenvalue weighted by molar-refractivity contribution is 0.100. The van der Waals surface area contributed by atoms with Crippen LogP contribution in [0.5, 0.6) is 0 Å². The third-order valence-corrected chi connectivity index (χ3v) is 4.20. The standard InChI is InChI=1S/C22H22N4O2/c1-15(27)16-5-4-6-18(13-16)25-22(28)21-12-9-19(14-23-21)24-17-7-10-20(11-8-17)26(2)3/h4-14,24H,1-3H3,(H,25,28). The van der Waals surface area contributed by atoms with Crippen LogP contribution in [-0.4, -0.2) is 30.8 Å². The van der Waals surface area contributed by atoms with Gasteiger partial charge in [0.1, 0.15) is 5.69 Å². The maximum absolute atomic E-state index is 12.4. The second kappa shape index (κ2) is 8.35. The Balaban J connectivity index is 1.65. The molecule has 0 radical (unpaired) electrons. The van der Waals surface area contributed by atoms with Gasteiger partial charge in [0.15, 0.2) is 5.78 Å². The van der Waals surface area contributed by atoms with Gasteiger partial charge in [-0.15, -0.1) is 0 Å². The average molecular weight is 374 g/mol. The van der Waals surface area contributed by atoms with Crippen LogP contribution in [-0.2, 0) is 0 Å². The van der Waals surface area contributed by atoms with Crippen LogP contribution in [0.25, 0.3) is 0 Å². The Labute approximate surface area is 164 Å². The van der Waals surface area contributed by atoms with Crippen molar-refractivity contribution in [1.82, 2.24) is 4.98 Å². The molecule has 0 aliphatic heterocycles. The number of pyridine rings is 1. The third-order valence-electron chi connectivity index (χ3n) is 4.20. The summed E-state index contributed by atoms with van der Waals surface area (Å²) in [7, 11) is 3.99. The summed E-state index contributed by atoms with van der Waals surface area (Å²) in [6, 6.07) is 18.3. The fourth-order valence-electron chi connectivity index (χ4n) is 2.62. The monoisotopic (exact) mass is 374 g/mol. The average Bonchev–Trinajstić information content (AvgIpc) is 2.69. The SMILES string of the molecule is CC(=O)c1cccc(NC(=O)c2ccc(Nc3ccc(N(C)C)cc3)cn2)c1. The van der Waals surface area contributed by atoms with Crippen LogP contribution >= 0.6 is 0 Å². The molecule has 1 aromatic heterocycles. The predicted octanol–water partition coefficient (Wildman–Crippen LogP) is 4.35. The molecule has 0 unspecified atom stereocenters. The van der Waals surface area contributed by atoms with E-state index in [1.165, 1.54) is 6.92 Å². The van der Waals surface area contributed by atoms with Gasteiger partial charge in [-0.05, 0) is 55.5 Å². The van der Waals surface area contributed by atoms with E-state index in [0.717, 1.165) is 17.1 Å². The molecule has 0 bridgehead atoms. The zero-order chi connectivity index (χ0) is 20.1. The summed E-state index contributed by atoms with van der Waals surface area (Å²) in [4.78, 5) is 30.1. The lowest BCUT2D eigenvalue weighted by Crippen LogP contribution is -2.14. The summed E-state index contributed by atoms with van der Waals surface area (Å²) in [6.45, 7) is 1.49. The van der Waals surface area contributed by atoms with Crippen LogP contribution in [0.3, 0.4) is 0 Å². The molecule has 0 saturated carbocycles. The van der Waals surface area contributed by atoms with Crippen molar-refractivity contribution >= 4 is 34.4 Å². The van der Waals surface area contributed by atoms with Crippen LogP contribution in [0.1, 0.15) is 27.8 Å². The minimum absolute atomic E-state index is 0.0525. The van der Waals surface area contributed by atoms with Gasteiger partial charge in [-0.2, -0.15) is 0 Å². The van der Waals surface area contributed by atoms with Gasteiger partial charge in [-0.1, -0.05) is 12.1 Å². The molecule has 0 aliphatic rings. The van der Waals surface area contributed by atoms with Gasteiger partial charge in [0, 0.05) is 36.7 Å². The number of rotatable bonds is 6. The first kappa shape index (κ1) is 19.1. The Morgan fingerprint density at radius 2 is 1.61 bits per heavy atom. The predicted molar refractivity (Wildman–Crippen MR) is 113 cm³/mol. The van der Waals surface area contributed by atoms with Gasteiger partial charge in [0.05, 0.1) is 11.9 Å². The summed E-state index contributed by atoms with van der Waals surface area (Å²) < 4.78 is 0. The number of benzene rings is 2. The first-order valence-electron chi connectivity index (χ1n) is 8.85. The number of amides is 1. The minimum Gasteiger partial charge on any atom is -0.378 e. The first-order chi connectivity index (χ1) is 13.4. The molecule has 142 valence electrons. The number of carbonyl (C=O) groups excluding carboxylic acids is 2. The molecule has 3 aromatic rings. The molecule has 3 rings (SSSR count). The summed E-state index contributed by atoms with van der Waals surface area (Å²) >= 11 is 0. The smallest absolute Gasteiger partial charge is 0.274 e. The molecule has 0 spiro atoms. The van der Waals surface area contributed by atoms with Gasteiger partial charge >= 0.3 is 0 Å². The van der Waals surface area contributed by atoms with E-state index in [-0.39, 0.29) is 11.7 Å². The van der Waals surface area contributed by atoms with E-state index < -0.39 is 0 Å². The molecule has 6 nitrogen and oxygen atoms in total. The Kier molecular flexibility index (Phi) is 5.69. The number of carbonyl (C=O) groups is 2. The highest BCUT2D eigenvalue weighted by Gasteiger charge is 2.09. The van der Waals surface area contributed by atoms with E-state index in [4.69, 9.17) is 0 Å². The number of nitrogens with one attached hydrogen (secondary N) is 2. The van der Waals surface area contributed by atoms with E-state index in [1.807, 2.05) is 43.3 Å². The Morgan fingerprint density at radius 3 is 2.21 bits per heavy atom. The molecule has 2 N–H and O–H groups in total. The second-order valence-electron chi connectivity index (χ2n) is 6.59. The van der Waals surface area contributed by atoms with E-state index in [0.29, 0.717) is 16.9 Å². The number of nitrogens with zero attached hydrogens (tertiary/aromatic N) is 2. The number of aromatic nitrogens is 1. The maximum atomic E-state index is 12.4. The molecule has 28 heavy (non-hydrogen) atoms. The van der Waals surface area contributed by atoms with Crippen molar-refractivity contribution < 1.29 is 9.59 Å². The zero-order valence-corrected chi connectivity index (χ0v) is 16.1. The summed E-state index contributed by atoms with van der Waals surface area (Å²) in [5, 5.41) is 6.02. The molecular formula is C22H22N4O2. The van der Waals surface area contributed by atoms with Crippen molar-refractivity contribution in [1.29, 1.82) is 0 Å². The number of ketones is 1. The summed E-state index contributed by atoms with van der Waals surface area (Å²) in [6.07, 6.45) is 1.61. The van der Waals surface area contributed by atoms with E-state index in [2.05, 4.69) is 15.6 Å². The van der Waals surface area contributed by atoms with Crippen LogP contribution in [0.15, 0.2) is 66.9 Å². The molecular weight excluding hydrogens is 352 g/mol. The Morgan fingerprint density at radius 1 is 0.893 bits per heavy atom. The number of hydrogen-bond donors (Lipinski definition) is 2. The lowest BCUT2D eigenvalue weighted by atomic mass is 10.1. The topological polar surface area (TPSA) is 74.3 Å². The lowest BCUT2D eigenvalue weighted by Gasteiger charge is -2.13. The van der Waals surface area contributed by atoms with Crippen LogP contribution in [0, 0.1) is 0 Å². The minimum atomic E-state index is -0.331. The van der Waals surface area contributed by atoms with Crippen molar-refractivity contribution in [2.24, 2.45) is 0 Å². The van der Waals surface area contributed by atoms with Crippen molar-refractivity contribution in [3.63, 3.8) is 0 Å². The normalized spacial score (nSPS) is 10.2. The highest BCUT2D eigenvalue weighted by atomic mass is 16.2. The summed E-state index contributed by atoms with van der Waals surface area (Å²) in [5.74, 6) is -0.383. The Bertz CT molecular complexity index is 980. The van der Waals surface area contributed by atoms with Gasteiger partial charge in [-0.3, -0.25) is 9.59 Å². The molecule has 1 heterocycles. The number of hydrogen-bond acceptors (Lipinski definition) is 5. The molecule has 2 aromatic carbocycles. The second-order valence-corrected chi connectivity index (χ2v) is 6.59. The number of Topliss-reactive ketones (excluding diaryl/α,β-unsaturated/α-hetero) is 1. The molecule has 0 aliphatic carbocycles. The highest BCUT2D eigenvalue weighted by Crippen LogP contribution is 2.20. The molecule has 0 atom stereocenters. The molecule has 6 heteroatoms. The van der Waals surface area contributed by atoms with Crippen molar-refractivity contribution in [2.75, 3.05) is 29.6 Å². The molecule has 0 saturated heterocycles. The van der Waals surface area contributed by atoms with E-state index in [9.17, 15) is 9.59 Å².